The highest BCUT2D eigenvalue weighted by molar-refractivity contribution is 6.31. The number of rotatable bonds is 2. The molecule has 1 atom stereocenters. The average molecular weight is 285 g/mol. The Balaban J connectivity index is 2.37. The zero-order valence-corrected chi connectivity index (χ0v) is 12.3. The standard InChI is InChI=1S/C15H18ClFO2/c1-14(2)8-11(15(3,4)19-14)13(18)10-7-9(16)5-6-12(10)17/h5-7,11H,8H2,1-4H3. The molecular weight excluding hydrogens is 267 g/mol. The Hall–Kier alpha value is -0.930. The molecule has 0 spiro atoms. The fourth-order valence-corrected chi connectivity index (χ4v) is 3.02. The summed E-state index contributed by atoms with van der Waals surface area (Å²) in [7, 11) is 0. The molecule has 1 unspecified atom stereocenters. The minimum Gasteiger partial charge on any atom is -0.369 e. The van der Waals surface area contributed by atoms with E-state index in [0.717, 1.165) is 0 Å². The van der Waals surface area contributed by atoms with Crippen LogP contribution in [0.3, 0.4) is 0 Å². The summed E-state index contributed by atoms with van der Waals surface area (Å²) >= 11 is 5.84. The van der Waals surface area contributed by atoms with Gasteiger partial charge in [-0.15, -0.1) is 0 Å². The molecule has 0 N–H and O–H groups in total. The predicted octanol–water partition coefficient (Wildman–Crippen LogP) is 4.26. The van der Waals surface area contributed by atoms with E-state index in [1.54, 1.807) is 0 Å². The van der Waals surface area contributed by atoms with Gasteiger partial charge in [-0.25, -0.2) is 4.39 Å². The number of ketones is 1. The molecule has 0 aromatic heterocycles. The van der Waals surface area contributed by atoms with Crippen molar-refractivity contribution in [3.8, 4) is 0 Å². The molecule has 0 bridgehead atoms. The van der Waals surface area contributed by atoms with Gasteiger partial charge in [-0.05, 0) is 52.3 Å². The molecule has 104 valence electrons. The molecule has 1 fully saturated rings. The van der Waals surface area contributed by atoms with Gasteiger partial charge in [0.1, 0.15) is 5.82 Å². The third-order valence-corrected chi connectivity index (χ3v) is 3.82. The summed E-state index contributed by atoms with van der Waals surface area (Å²) < 4.78 is 19.7. The predicted molar refractivity (Wildman–Crippen MR) is 73.1 cm³/mol. The number of Topliss-reactive ketones (excluding diaryl/α,β-unsaturated/α-hetero) is 1. The summed E-state index contributed by atoms with van der Waals surface area (Å²) in [6.45, 7) is 7.62. The van der Waals surface area contributed by atoms with Gasteiger partial charge in [0.15, 0.2) is 5.78 Å². The second-order valence-corrected chi connectivity index (χ2v) is 6.65. The summed E-state index contributed by atoms with van der Waals surface area (Å²) in [6, 6.07) is 4.05. The quantitative estimate of drug-likeness (QED) is 0.759. The van der Waals surface area contributed by atoms with Crippen molar-refractivity contribution >= 4 is 17.4 Å². The number of hydrogen-bond donors (Lipinski definition) is 0. The first-order valence-electron chi connectivity index (χ1n) is 6.32. The first-order valence-corrected chi connectivity index (χ1v) is 6.70. The Labute approximate surface area is 117 Å². The molecule has 1 aliphatic rings. The lowest BCUT2D eigenvalue weighted by atomic mass is 9.81. The molecule has 1 heterocycles. The van der Waals surface area contributed by atoms with Crippen LogP contribution in [-0.2, 0) is 4.74 Å². The number of carbonyl (C=O) groups is 1. The van der Waals surface area contributed by atoms with Crippen molar-refractivity contribution in [2.45, 2.75) is 45.3 Å². The zero-order valence-electron chi connectivity index (χ0n) is 11.6. The van der Waals surface area contributed by atoms with Crippen molar-refractivity contribution < 1.29 is 13.9 Å². The van der Waals surface area contributed by atoms with Crippen molar-refractivity contribution in [1.82, 2.24) is 0 Å². The van der Waals surface area contributed by atoms with Gasteiger partial charge in [-0.1, -0.05) is 11.6 Å². The van der Waals surface area contributed by atoms with E-state index in [0.29, 0.717) is 11.4 Å². The van der Waals surface area contributed by atoms with E-state index in [-0.39, 0.29) is 22.9 Å². The van der Waals surface area contributed by atoms with Crippen LogP contribution in [0.2, 0.25) is 5.02 Å². The van der Waals surface area contributed by atoms with Crippen LogP contribution in [-0.4, -0.2) is 17.0 Å². The van der Waals surface area contributed by atoms with E-state index in [1.165, 1.54) is 18.2 Å². The lowest BCUT2D eigenvalue weighted by Gasteiger charge is -2.26. The van der Waals surface area contributed by atoms with Crippen molar-refractivity contribution in [2.24, 2.45) is 5.92 Å². The lowest BCUT2D eigenvalue weighted by Crippen LogP contribution is -2.34. The Morgan fingerprint density at radius 2 is 2.00 bits per heavy atom. The number of carbonyl (C=O) groups excluding carboxylic acids is 1. The van der Waals surface area contributed by atoms with E-state index in [9.17, 15) is 9.18 Å². The highest BCUT2D eigenvalue weighted by Crippen LogP contribution is 2.43. The first kappa shape index (κ1) is 14.5. The first-order chi connectivity index (χ1) is 8.62. The second kappa shape index (κ2) is 4.57. The Bertz CT molecular complexity index is 523. The molecule has 1 aromatic carbocycles. The van der Waals surface area contributed by atoms with Crippen LogP contribution in [0, 0.1) is 11.7 Å². The maximum Gasteiger partial charge on any atom is 0.171 e. The third-order valence-electron chi connectivity index (χ3n) is 3.58. The normalized spacial score (nSPS) is 24.4. The van der Waals surface area contributed by atoms with Crippen LogP contribution in [0.1, 0.15) is 44.5 Å². The maximum absolute atomic E-state index is 13.8. The van der Waals surface area contributed by atoms with Crippen LogP contribution in [0.25, 0.3) is 0 Å². The van der Waals surface area contributed by atoms with Crippen molar-refractivity contribution in [3.05, 3.63) is 34.6 Å². The Morgan fingerprint density at radius 3 is 2.53 bits per heavy atom. The van der Waals surface area contributed by atoms with E-state index in [1.807, 2.05) is 27.7 Å². The van der Waals surface area contributed by atoms with Crippen LogP contribution in [0.15, 0.2) is 18.2 Å². The van der Waals surface area contributed by atoms with Gasteiger partial charge in [0, 0.05) is 5.02 Å². The summed E-state index contributed by atoms with van der Waals surface area (Å²) in [5.41, 5.74) is -0.930. The molecular formula is C15H18ClFO2. The van der Waals surface area contributed by atoms with Crippen LogP contribution < -0.4 is 0 Å². The molecule has 0 radical (unpaired) electrons. The fraction of sp³-hybridized carbons (Fsp3) is 0.533. The Kier molecular flexibility index (Phi) is 3.48. The van der Waals surface area contributed by atoms with E-state index < -0.39 is 11.4 Å². The van der Waals surface area contributed by atoms with Crippen molar-refractivity contribution in [3.63, 3.8) is 0 Å². The number of ether oxygens (including phenoxy) is 1. The van der Waals surface area contributed by atoms with Crippen LogP contribution >= 0.6 is 11.6 Å². The third kappa shape index (κ3) is 2.82. The summed E-state index contributed by atoms with van der Waals surface area (Å²) in [6.07, 6.45) is 0.574. The molecule has 1 saturated heterocycles. The molecule has 0 amide bonds. The van der Waals surface area contributed by atoms with Crippen molar-refractivity contribution in [2.75, 3.05) is 0 Å². The topological polar surface area (TPSA) is 26.3 Å². The molecule has 2 nitrogen and oxygen atoms in total. The number of benzene rings is 1. The SMILES string of the molecule is CC1(C)CC(C(=O)c2cc(Cl)ccc2F)C(C)(C)O1. The monoisotopic (exact) mass is 284 g/mol. The zero-order chi connectivity index (χ0) is 14.4. The summed E-state index contributed by atoms with van der Waals surface area (Å²) in [5.74, 6) is -1.14. The summed E-state index contributed by atoms with van der Waals surface area (Å²) in [4.78, 5) is 12.5. The van der Waals surface area contributed by atoms with Crippen molar-refractivity contribution in [1.29, 1.82) is 0 Å². The van der Waals surface area contributed by atoms with Gasteiger partial charge < -0.3 is 4.74 Å². The molecule has 0 saturated carbocycles. The second-order valence-electron chi connectivity index (χ2n) is 6.21. The molecule has 19 heavy (non-hydrogen) atoms. The summed E-state index contributed by atoms with van der Waals surface area (Å²) in [5, 5.41) is 0.362. The number of hydrogen-bond acceptors (Lipinski definition) is 2. The molecule has 1 aliphatic heterocycles. The van der Waals surface area contributed by atoms with Gasteiger partial charge in [-0.3, -0.25) is 4.79 Å². The van der Waals surface area contributed by atoms with Gasteiger partial charge in [0.05, 0.1) is 22.7 Å². The Morgan fingerprint density at radius 1 is 1.37 bits per heavy atom. The number of halogens is 2. The highest BCUT2D eigenvalue weighted by atomic mass is 35.5. The molecule has 1 aromatic rings. The highest BCUT2D eigenvalue weighted by Gasteiger charge is 2.49. The maximum atomic E-state index is 13.8. The van der Waals surface area contributed by atoms with Gasteiger partial charge >= 0.3 is 0 Å². The molecule has 4 heteroatoms. The lowest BCUT2D eigenvalue weighted by molar-refractivity contribution is -0.0712. The van der Waals surface area contributed by atoms with Crippen LogP contribution in [0.5, 0.6) is 0 Å². The average Bonchev–Trinajstić information content (AvgIpc) is 2.49. The smallest absolute Gasteiger partial charge is 0.171 e. The van der Waals surface area contributed by atoms with Crippen LogP contribution in [0.4, 0.5) is 4.39 Å². The van der Waals surface area contributed by atoms with Gasteiger partial charge in [-0.2, -0.15) is 0 Å². The molecule has 2 rings (SSSR count). The van der Waals surface area contributed by atoms with Gasteiger partial charge in [0.25, 0.3) is 0 Å². The minimum absolute atomic E-state index is 0.0480. The largest absolute Gasteiger partial charge is 0.369 e. The van der Waals surface area contributed by atoms with Gasteiger partial charge in [0.2, 0.25) is 0 Å². The van der Waals surface area contributed by atoms with E-state index >= 15 is 0 Å². The fourth-order valence-electron chi connectivity index (χ4n) is 2.84. The minimum atomic E-state index is -0.602. The van der Waals surface area contributed by atoms with E-state index in [2.05, 4.69) is 0 Å². The van der Waals surface area contributed by atoms with E-state index in [4.69, 9.17) is 16.3 Å². The molecule has 0 aliphatic carbocycles.